The smallest absolute Gasteiger partial charge is 0.327 e. The number of nitroso groups, excluding NO2 is 1. The third-order valence-electron chi connectivity index (χ3n) is 0.636. The Morgan fingerprint density at radius 1 is 1.15 bits per heavy atom. The van der Waals surface area contributed by atoms with Crippen molar-refractivity contribution in [2.45, 2.75) is 51.0 Å². The molecule has 124 valence electrons. The molecule has 4 N–H and O–H groups in total. The van der Waals surface area contributed by atoms with Gasteiger partial charge in [-0.25, -0.2) is 10.1 Å². The molecule has 0 aromatic rings. The van der Waals surface area contributed by atoms with E-state index in [1.807, 2.05) is 5.32 Å². The number of hydrogen-bond acceptors (Lipinski definition) is 6. The van der Waals surface area contributed by atoms with Crippen LogP contribution in [0.15, 0.2) is 5.18 Å². The van der Waals surface area contributed by atoms with Gasteiger partial charge in [0.1, 0.15) is 0 Å². The molecular formula is C12H34N6O2. The maximum absolute atomic E-state index is 10.2. The molecule has 0 aromatic heterocycles. The highest BCUT2D eigenvalue weighted by Crippen LogP contribution is 1.58. The zero-order valence-corrected chi connectivity index (χ0v) is 8.65. The zero-order chi connectivity index (χ0) is 12.5. The third kappa shape index (κ3) is 155. The van der Waals surface area contributed by atoms with Gasteiger partial charge in [-0.2, -0.15) is 15.4 Å². The molecule has 8 heteroatoms. The van der Waals surface area contributed by atoms with Crippen LogP contribution in [0.25, 0.3) is 0 Å². The first-order chi connectivity index (χ1) is 7.14. The van der Waals surface area contributed by atoms with Gasteiger partial charge >= 0.3 is 6.03 Å². The Bertz CT molecular complexity index is 233. The van der Waals surface area contributed by atoms with E-state index in [0.717, 1.165) is 0 Å². The molecule has 0 rings (SSSR count). The van der Waals surface area contributed by atoms with Crippen molar-refractivity contribution in [1.82, 2.24) is 10.6 Å². The summed E-state index contributed by atoms with van der Waals surface area (Å²) in [6, 6.07) is -0.449. The monoisotopic (exact) mass is 294 g/mol. The van der Waals surface area contributed by atoms with Crippen LogP contribution in [0, 0.1) is 27.8 Å². The van der Waals surface area contributed by atoms with Gasteiger partial charge in [-0.1, -0.05) is 42.3 Å². The highest BCUT2D eigenvalue weighted by atomic mass is 16.3. The number of nitrogens with one attached hydrogen (secondary N) is 2. The van der Waals surface area contributed by atoms with Crippen molar-refractivity contribution >= 4 is 6.03 Å². The number of hydrogen-bond donors (Lipinski definition) is 3. The van der Waals surface area contributed by atoms with Gasteiger partial charge < -0.3 is 11.1 Å². The first-order valence-corrected chi connectivity index (χ1v) is 3.96. The molecule has 0 unspecified atom stereocenters. The van der Waals surface area contributed by atoms with Gasteiger partial charge in [0, 0.05) is 6.54 Å². The van der Waals surface area contributed by atoms with E-state index < -0.39 is 6.03 Å². The van der Waals surface area contributed by atoms with E-state index in [2.05, 4.69) is 16.2 Å². The number of amides is 2. The molecule has 0 saturated carbocycles. The predicted molar refractivity (Wildman–Crippen MR) is 87.6 cm³/mol. The number of nitriles is 2. The second kappa shape index (κ2) is 69.7. The second-order valence-corrected chi connectivity index (χ2v) is 1.67. The fourth-order valence-corrected chi connectivity index (χ4v) is 0.256. The van der Waals surface area contributed by atoms with Gasteiger partial charge in [0.05, 0.1) is 6.54 Å². The van der Waals surface area contributed by atoms with E-state index in [9.17, 15) is 4.79 Å². The topological polar surface area (TPSA) is 144 Å². The highest BCUT2D eigenvalue weighted by molar-refractivity contribution is 5.75. The van der Waals surface area contributed by atoms with E-state index in [1.54, 1.807) is 13.8 Å². The van der Waals surface area contributed by atoms with Crippen LogP contribution in [0.5, 0.6) is 0 Å². The molecule has 8 nitrogen and oxygen atoms in total. The van der Waals surface area contributed by atoms with Gasteiger partial charge in [0.15, 0.2) is 12.4 Å². The van der Waals surface area contributed by atoms with Gasteiger partial charge in [-0.3, -0.25) is 0 Å². The Morgan fingerprint density at radius 3 is 1.60 bits per heavy atom. The minimum atomic E-state index is -0.449. The zero-order valence-electron chi connectivity index (χ0n) is 8.65. The van der Waals surface area contributed by atoms with Crippen LogP contribution in [0.4, 0.5) is 4.79 Å². The molecule has 20 heavy (non-hydrogen) atoms. The molecule has 0 heterocycles. The first kappa shape index (κ1) is 52.5. The summed E-state index contributed by atoms with van der Waals surface area (Å²) in [6.45, 7) is 4.40. The van der Waals surface area contributed by atoms with E-state index in [1.165, 1.54) is 12.4 Å². The fraction of sp³-hybridized carbons (Fsp3) is 0.750. The van der Waals surface area contributed by atoms with Gasteiger partial charge in [0.2, 0.25) is 0 Å². The van der Waals surface area contributed by atoms with Crippen LogP contribution in [-0.2, 0) is 0 Å². The van der Waals surface area contributed by atoms with Gasteiger partial charge in [0.25, 0.3) is 0 Å². The number of rotatable bonds is 2. The van der Waals surface area contributed by atoms with Gasteiger partial charge in [-0.05, 0) is 13.8 Å². The van der Waals surface area contributed by atoms with Crippen LogP contribution in [-0.4, -0.2) is 19.1 Å². The Balaban J connectivity index is -0.0000000178. The van der Waals surface area contributed by atoms with Crippen molar-refractivity contribution in [3.05, 3.63) is 4.91 Å². The van der Waals surface area contributed by atoms with Crippen LogP contribution in [0.3, 0.4) is 0 Å². The highest BCUT2D eigenvalue weighted by Gasteiger charge is 1.90. The number of nitrogens with zero attached hydrogens (tertiary/aromatic N) is 3. The first-order valence-electron chi connectivity index (χ1n) is 3.96. The lowest BCUT2D eigenvalue weighted by molar-refractivity contribution is 0.245. The van der Waals surface area contributed by atoms with E-state index in [-0.39, 0.29) is 37.1 Å². The Labute approximate surface area is 125 Å². The van der Waals surface area contributed by atoms with Gasteiger partial charge in [-0.15, -0.1) is 0 Å². The summed E-state index contributed by atoms with van der Waals surface area (Å²) < 4.78 is 0. The largest absolute Gasteiger partial charge is 0.338 e. The minimum absolute atomic E-state index is 0. The van der Waals surface area contributed by atoms with Crippen LogP contribution >= 0.6 is 0 Å². The molecule has 0 aliphatic carbocycles. The summed E-state index contributed by atoms with van der Waals surface area (Å²) in [6.07, 6.45) is 2.74. The van der Waals surface area contributed by atoms with Crippen molar-refractivity contribution in [2.24, 2.45) is 10.9 Å². The molecule has 0 fully saturated rings. The summed E-state index contributed by atoms with van der Waals surface area (Å²) in [5.74, 6) is 0. The van der Waals surface area contributed by atoms with Crippen LogP contribution in [0.1, 0.15) is 51.0 Å². The molecule has 0 aromatic carbocycles. The lowest BCUT2D eigenvalue weighted by Gasteiger charge is -1.94. The maximum Gasteiger partial charge on any atom is 0.327 e. The predicted octanol–water partition coefficient (Wildman–Crippen LogP) is 3.17. The Hall–Kier alpha value is -2.35. The number of urea groups is 1. The SMILES string of the molecule is C.C.C.C.C.CCN=O.CCNC(=O)NC#N.N#CN. The number of carbonyl (C=O) groups excluding carboxylic acids is 1. The minimum Gasteiger partial charge on any atom is -0.338 e. The molecule has 0 bridgehead atoms. The van der Waals surface area contributed by atoms with Crippen molar-refractivity contribution in [3.8, 4) is 12.4 Å². The van der Waals surface area contributed by atoms with E-state index in [0.29, 0.717) is 13.1 Å². The van der Waals surface area contributed by atoms with Crippen LogP contribution in [0.2, 0.25) is 0 Å². The quantitative estimate of drug-likeness (QED) is 0.407. The van der Waals surface area contributed by atoms with Crippen LogP contribution < -0.4 is 16.4 Å². The second-order valence-electron chi connectivity index (χ2n) is 1.67. The average molecular weight is 294 g/mol. The maximum atomic E-state index is 10.2. The number of nitrogens with two attached hydrogens (primary N) is 1. The average Bonchev–Trinajstić information content (AvgIpc) is 2.20. The molecule has 0 spiro atoms. The summed E-state index contributed by atoms with van der Waals surface area (Å²) in [7, 11) is 0. The normalized spacial score (nSPS) is 4.40. The fourth-order valence-electron chi connectivity index (χ4n) is 0.256. The van der Waals surface area contributed by atoms with Crippen molar-refractivity contribution < 1.29 is 4.79 Å². The molecule has 2 amide bonds. The van der Waals surface area contributed by atoms with E-state index in [4.69, 9.17) is 15.4 Å². The summed E-state index contributed by atoms with van der Waals surface area (Å²) in [5.41, 5.74) is 4.15. The van der Waals surface area contributed by atoms with Crippen molar-refractivity contribution in [1.29, 1.82) is 10.5 Å². The lowest BCUT2D eigenvalue weighted by atomic mass is 10.7. The summed E-state index contributed by atoms with van der Waals surface area (Å²) >= 11 is 0. The summed E-state index contributed by atoms with van der Waals surface area (Å²) in [4.78, 5) is 19.1. The summed E-state index contributed by atoms with van der Waals surface area (Å²) in [5, 5.41) is 21.7. The molecule has 0 atom stereocenters. The van der Waals surface area contributed by atoms with Crippen molar-refractivity contribution in [2.75, 3.05) is 13.1 Å². The Kier molecular flexibility index (Phi) is 183. The standard InChI is InChI=1S/C4H7N3O.C2H5NO.CH2N2.5CH4/c1-2-6-4(8)7-3-5;1-2-3-4;2-1-3;;;;;/h2H2,1H3,(H2,6,7,8);2H2,1H3;2H2;5*1H4. The molecular weight excluding hydrogens is 260 g/mol. The number of carbonyl (C=O) groups is 1. The molecule has 0 aliphatic rings. The molecule has 0 aliphatic heterocycles. The Morgan fingerprint density at radius 2 is 1.45 bits per heavy atom. The van der Waals surface area contributed by atoms with E-state index >= 15 is 0 Å². The molecule has 0 saturated heterocycles. The third-order valence-corrected chi connectivity index (χ3v) is 0.636. The van der Waals surface area contributed by atoms with Crippen molar-refractivity contribution in [3.63, 3.8) is 0 Å². The lowest BCUT2D eigenvalue weighted by Crippen LogP contribution is -2.31. The molecule has 0 radical (unpaired) electrons.